The first-order valence-corrected chi connectivity index (χ1v) is 5.94. The second kappa shape index (κ2) is 5.16. The summed E-state index contributed by atoms with van der Waals surface area (Å²) in [7, 11) is 0. The molecule has 1 heterocycles. The first-order valence-electron chi connectivity index (χ1n) is 5.06. The summed E-state index contributed by atoms with van der Waals surface area (Å²) in [5, 5.41) is 25.7. The molecule has 5 nitrogen and oxygen atoms in total. The predicted octanol–water partition coefficient (Wildman–Crippen LogP) is 2.61. The Labute approximate surface area is 102 Å². The van der Waals surface area contributed by atoms with Gasteiger partial charge in [-0.05, 0) is 40.1 Å². The van der Waals surface area contributed by atoms with Crippen LogP contribution in [0.4, 0.5) is 0 Å². The maximum atomic E-state index is 9.88. The third-order valence-electron chi connectivity index (χ3n) is 2.51. The van der Waals surface area contributed by atoms with E-state index in [1.807, 2.05) is 23.6 Å². The second-order valence-electron chi connectivity index (χ2n) is 3.64. The highest BCUT2D eigenvalue weighted by molar-refractivity contribution is 7.17. The molecule has 0 bridgehead atoms. The lowest BCUT2D eigenvalue weighted by Crippen LogP contribution is -2.20. The molecule has 0 saturated carbocycles. The summed E-state index contributed by atoms with van der Waals surface area (Å²) in [5.74, 6) is 0. The summed E-state index contributed by atoms with van der Waals surface area (Å²) >= 11 is 1.62. The fraction of sp³-hybridized carbons (Fsp3) is 0.273. The standard InChI is InChI=1S/C11H11N3O2S/c12-14-13-6-9(15)11(16)8-1-2-10-7(5-8)3-4-17-10/h1-5,9,11,15-16H,6H2. The topological polar surface area (TPSA) is 89.2 Å². The van der Waals surface area contributed by atoms with Gasteiger partial charge < -0.3 is 10.2 Å². The van der Waals surface area contributed by atoms with Gasteiger partial charge in [0.2, 0.25) is 0 Å². The van der Waals surface area contributed by atoms with Crippen molar-refractivity contribution in [2.75, 3.05) is 6.54 Å². The van der Waals surface area contributed by atoms with E-state index in [9.17, 15) is 10.2 Å². The second-order valence-corrected chi connectivity index (χ2v) is 4.59. The number of fused-ring (bicyclic) bond motifs is 1. The van der Waals surface area contributed by atoms with Crippen molar-refractivity contribution < 1.29 is 10.2 Å². The minimum atomic E-state index is -1.08. The molecule has 88 valence electrons. The van der Waals surface area contributed by atoms with Crippen LogP contribution in [-0.4, -0.2) is 22.9 Å². The molecular weight excluding hydrogens is 238 g/mol. The molecule has 2 aromatic rings. The van der Waals surface area contributed by atoms with E-state index in [0.717, 1.165) is 10.1 Å². The highest BCUT2D eigenvalue weighted by Gasteiger charge is 2.17. The van der Waals surface area contributed by atoms with E-state index >= 15 is 0 Å². The van der Waals surface area contributed by atoms with Crippen LogP contribution in [-0.2, 0) is 0 Å². The summed E-state index contributed by atoms with van der Waals surface area (Å²) < 4.78 is 1.13. The molecule has 1 aromatic heterocycles. The van der Waals surface area contributed by atoms with Crippen LogP contribution >= 0.6 is 11.3 Å². The molecule has 0 aliphatic heterocycles. The molecule has 0 spiro atoms. The minimum absolute atomic E-state index is 0.140. The smallest absolute Gasteiger partial charge is 0.105 e. The van der Waals surface area contributed by atoms with E-state index < -0.39 is 12.2 Å². The number of thiophene rings is 1. The first-order chi connectivity index (χ1) is 8.22. The van der Waals surface area contributed by atoms with Crippen molar-refractivity contribution in [2.45, 2.75) is 12.2 Å². The first kappa shape index (κ1) is 11.9. The molecule has 1 aromatic carbocycles. The van der Waals surface area contributed by atoms with Crippen LogP contribution in [0, 0.1) is 0 Å². The summed E-state index contributed by atoms with van der Waals surface area (Å²) in [4.78, 5) is 2.55. The van der Waals surface area contributed by atoms with E-state index in [0.29, 0.717) is 5.56 Å². The normalized spacial score (nSPS) is 14.2. The Morgan fingerprint density at radius 1 is 1.35 bits per heavy atom. The third kappa shape index (κ3) is 2.57. The number of aliphatic hydroxyl groups is 2. The minimum Gasteiger partial charge on any atom is -0.390 e. The molecule has 6 heteroatoms. The number of hydrogen-bond acceptors (Lipinski definition) is 4. The summed E-state index contributed by atoms with van der Waals surface area (Å²) in [5.41, 5.74) is 8.77. The molecule has 0 radical (unpaired) electrons. The van der Waals surface area contributed by atoms with Gasteiger partial charge in [-0.15, -0.1) is 11.3 Å². The van der Waals surface area contributed by atoms with Gasteiger partial charge in [-0.1, -0.05) is 11.2 Å². The number of rotatable bonds is 4. The monoisotopic (exact) mass is 249 g/mol. The zero-order valence-electron chi connectivity index (χ0n) is 8.89. The zero-order chi connectivity index (χ0) is 12.3. The molecule has 2 N–H and O–H groups in total. The van der Waals surface area contributed by atoms with Crippen molar-refractivity contribution in [3.63, 3.8) is 0 Å². The molecule has 2 rings (SSSR count). The maximum Gasteiger partial charge on any atom is 0.105 e. The fourth-order valence-corrected chi connectivity index (χ4v) is 2.38. The Kier molecular flexibility index (Phi) is 3.61. The Balaban J connectivity index is 2.22. The maximum absolute atomic E-state index is 9.88. The van der Waals surface area contributed by atoms with Crippen LogP contribution in [0.1, 0.15) is 11.7 Å². The molecule has 0 saturated heterocycles. The molecule has 0 aliphatic carbocycles. The van der Waals surface area contributed by atoms with Crippen LogP contribution in [0.15, 0.2) is 34.8 Å². The molecule has 0 amide bonds. The van der Waals surface area contributed by atoms with Crippen LogP contribution in [0.3, 0.4) is 0 Å². The lowest BCUT2D eigenvalue weighted by molar-refractivity contribution is 0.0245. The van der Waals surface area contributed by atoms with Crippen LogP contribution in [0.25, 0.3) is 20.5 Å². The Hall–Kier alpha value is -1.59. The van der Waals surface area contributed by atoms with Gasteiger partial charge in [-0.3, -0.25) is 0 Å². The predicted molar refractivity (Wildman–Crippen MR) is 66.8 cm³/mol. The fourth-order valence-electron chi connectivity index (χ4n) is 1.61. The van der Waals surface area contributed by atoms with Crippen molar-refractivity contribution in [1.29, 1.82) is 0 Å². The summed E-state index contributed by atoms with van der Waals surface area (Å²) in [6.45, 7) is -0.140. The Bertz CT molecular complexity index is 563. The van der Waals surface area contributed by atoms with Gasteiger partial charge in [0, 0.05) is 9.61 Å². The highest BCUT2D eigenvalue weighted by Crippen LogP contribution is 2.26. The van der Waals surface area contributed by atoms with Crippen LogP contribution < -0.4 is 0 Å². The van der Waals surface area contributed by atoms with E-state index in [1.54, 1.807) is 17.4 Å². The van der Waals surface area contributed by atoms with Gasteiger partial charge in [-0.2, -0.15) is 0 Å². The number of hydrogen-bond donors (Lipinski definition) is 2. The molecule has 0 aliphatic rings. The van der Waals surface area contributed by atoms with Crippen molar-refractivity contribution in [3.8, 4) is 0 Å². The average molecular weight is 249 g/mol. The number of azide groups is 1. The van der Waals surface area contributed by atoms with Gasteiger partial charge in [0.1, 0.15) is 6.10 Å². The van der Waals surface area contributed by atoms with Crippen molar-refractivity contribution in [3.05, 3.63) is 45.7 Å². The SMILES string of the molecule is [N-]=[N+]=NCC(O)C(O)c1ccc2sccc2c1. The molecule has 2 unspecified atom stereocenters. The van der Waals surface area contributed by atoms with Gasteiger partial charge in [0.25, 0.3) is 0 Å². The quantitative estimate of drug-likeness (QED) is 0.495. The van der Waals surface area contributed by atoms with Crippen molar-refractivity contribution >= 4 is 21.4 Å². The van der Waals surface area contributed by atoms with Gasteiger partial charge in [0.15, 0.2) is 0 Å². The number of aliphatic hydroxyl groups excluding tert-OH is 2. The molecule has 0 fully saturated rings. The summed E-state index contributed by atoms with van der Waals surface area (Å²) in [6, 6.07) is 7.45. The Morgan fingerprint density at radius 3 is 2.94 bits per heavy atom. The zero-order valence-corrected chi connectivity index (χ0v) is 9.71. The number of nitrogens with zero attached hydrogens (tertiary/aromatic N) is 3. The van der Waals surface area contributed by atoms with Crippen molar-refractivity contribution in [2.24, 2.45) is 5.11 Å². The molecule has 2 atom stereocenters. The average Bonchev–Trinajstić information content (AvgIpc) is 2.81. The molecular formula is C11H11N3O2S. The van der Waals surface area contributed by atoms with Gasteiger partial charge in [0.05, 0.1) is 12.6 Å². The summed E-state index contributed by atoms with van der Waals surface area (Å²) in [6.07, 6.45) is -2.12. The van der Waals surface area contributed by atoms with E-state index in [-0.39, 0.29) is 6.54 Å². The van der Waals surface area contributed by atoms with Crippen LogP contribution in [0.5, 0.6) is 0 Å². The van der Waals surface area contributed by atoms with Crippen molar-refractivity contribution in [1.82, 2.24) is 0 Å². The number of benzene rings is 1. The van der Waals surface area contributed by atoms with E-state index in [1.165, 1.54) is 0 Å². The van der Waals surface area contributed by atoms with E-state index in [2.05, 4.69) is 10.0 Å². The third-order valence-corrected chi connectivity index (χ3v) is 3.41. The Morgan fingerprint density at radius 2 is 2.18 bits per heavy atom. The van der Waals surface area contributed by atoms with Gasteiger partial charge >= 0.3 is 0 Å². The largest absolute Gasteiger partial charge is 0.390 e. The molecule has 17 heavy (non-hydrogen) atoms. The highest BCUT2D eigenvalue weighted by atomic mass is 32.1. The lowest BCUT2D eigenvalue weighted by Gasteiger charge is -2.16. The van der Waals surface area contributed by atoms with E-state index in [4.69, 9.17) is 5.53 Å². The lowest BCUT2D eigenvalue weighted by atomic mass is 10.0. The van der Waals surface area contributed by atoms with Gasteiger partial charge in [-0.25, -0.2) is 0 Å². The van der Waals surface area contributed by atoms with Crippen LogP contribution in [0.2, 0.25) is 0 Å².